The molecule has 1 amide bonds. The monoisotopic (exact) mass is 267 g/mol. The molecule has 0 saturated carbocycles. The first-order valence-electron chi connectivity index (χ1n) is 6.36. The molecule has 1 aliphatic rings. The molecular formula is C13H18ClN3O. The SMILES string of the molecule is CCC1CCNC(C(=O)Nc2cccc(Cl)n2)C1. The molecule has 2 unspecified atom stereocenters. The van der Waals surface area contributed by atoms with Crippen molar-refractivity contribution in [3.8, 4) is 0 Å². The van der Waals surface area contributed by atoms with Crippen LogP contribution in [0.25, 0.3) is 0 Å². The fourth-order valence-corrected chi connectivity index (χ4v) is 2.42. The predicted octanol–water partition coefficient (Wildman–Crippen LogP) is 2.45. The molecule has 1 fully saturated rings. The van der Waals surface area contributed by atoms with E-state index in [1.807, 2.05) is 0 Å². The summed E-state index contributed by atoms with van der Waals surface area (Å²) in [6.45, 7) is 3.07. The third kappa shape index (κ3) is 3.43. The average Bonchev–Trinajstić information content (AvgIpc) is 2.39. The molecule has 5 heteroatoms. The van der Waals surface area contributed by atoms with E-state index in [1.165, 1.54) is 0 Å². The molecule has 2 atom stereocenters. The molecule has 1 aromatic heterocycles. The fourth-order valence-electron chi connectivity index (χ4n) is 2.26. The number of rotatable bonds is 3. The third-order valence-electron chi connectivity index (χ3n) is 3.37. The maximum absolute atomic E-state index is 12.1. The molecule has 0 spiro atoms. The van der Waals surface area contributed by atoms with Gasteiger partial charge >= 0.3 is 0 Å². The van der Waals surface area contributed by atoms with E-state index in [-0.39, 0.29) is 11.9 Å². The molecule has 2 rings (SSSR count). The Morgan fingerprint density at radius 2 is 2.44 bits per heavy atom. The van der Waals surface area contributed by atoms with Gasteiger partial charge in [-0.15, -0.1) is 0 Å². The molecule has 0 radical (unpaired) electrons. The van der Waals surface area contributed by atoms with Crippen molar-refractivity contribution in [3.63, 3.8) is 0 Å². The van der Waals surface area contributed by atoms with Crippen LogP contribution in [0, 0.1) is 5.92 Å². The van der Waals surface area contributed by atoms with Crippen LogP contribution >= 0.6 is 11.6 Å². The van der Waals surface area contributed by atoms with Crippen molar-refractivity contribution in [3.05, 3.63) is 23.4 Å². The molecule has 1 aromatic rings. The maximum Gasteiger partial charge on any atom is 0.242 e. The lowest BCUT2D eigenvalue weighted by Gasteiger charge is -2.28. The normalized spacial score (nSPS) is 23.7. The van der Waals surface area contributed by atoms with Crippen LogP contribution in [0.15, 0.2) is 18.2 Å². The molecule has 98 valence electrons. The summed E-state index contributed by atoms with van der Waals surface area (Å²) in [6.07, 6.45) is 3.17. The van der Waals surface area contributed by atoms with Crippen LogP contribution in [0.4, 0.5) is 5.82 Å². The van der Waals surface area contributed by atoms with E-state index in [1.54, 1.807) is 18.2 Å². The summed E-state index contributed by atoms with van der Waals surface area (Å²) in [7, 11) is 0. The summed E-state index contributed by atoms with van der Waals surface area (Å²) in [5.41, 5.74) is 0. The van der Waals surface area contributed by atoms with Crippen LogP contribution in [0.3, 0.4) is 0 Å². The van der Waals surface area contributed by atoms with E-state index in [4.69, 9.17) is 11.6 Å². The van der Waals surface area contributed by atoms with Gasteiger partial charge in [0.15, 0.2) is 0 Å². The van der Waals surface area contributed by atoms with Crippen LogP contribution in [0.5, 0.6) is 0 Å². The van der Waals surface area contributed by atoms with E-state index in [0.717, 1.165) is 25.8 Å². The first-order chi connectivity index (χ1) is 8.69. The molecule has 1 aliphatic heterocycles. The number of anilines is 1. The number of pyridine rings is 1. The third-order valence-corrected chi connectivity index (χ3v) is 3.58. The zero-order valence-electron chi connectivity index (χ0n) is 10.4. The van der Waals surface area contributed by atoms with Crippen molar-refractivity contribution >= 4 is 23.3 Å². The summed E-state index contributed by atoms with van der Waals surface area (Å²) >= 11 is 5.78. The number of nitrogens with zero attached hydrogens (tertiary/aromatic N) is 1. The Balaban J connectivity index is 1.95. The smallest absolute Gasteiger partial charge is 0.242 e. The van der Waals surface area contributed by atoms with Crippen LogP contribution in [-0.2, 0) is 4.79 Å². The number of carbonyl (C=O) groups excluding carboxylic acids is 1. The predicted molar refractivity (Wildman–Crippen MR) is 72.7 cm³/mol. The number of piperidine rings is 1. The number of carbonyl (C=O) groups is 1. The van der Waals surface area contributed by atoms with Gasteiger partial charge in [0.05, 0.1) is 6.04 Å². The highest BCUT2D eigenvalue weighted by atomic mass is 35.5. The lowest BCUT2D eigenvalue weighted by Crippen LogP contribution is -2.46. The van der Waals surface area contributed by atoms with E-state index >= 15 is 0 Å². The summed E-state index contributed by atoms with van der Waals surface area (Å²) in [5, 5.41) is 6.43. The molecular weight excluding hydrogens is 250 g/mol. The second kappa shape index (κ2) is 6.16. The largest absolute Gasteiger partial charge is 0.309 e. The topological polar surface area (TPSA) is 54.0 Å². The van der Waals surface area contributed by atoms with Crippen molar-refractivity contribution in [1.29, 1.82) is 0 Å². The molecule has 0 aliphatic carbocycles. The highest BCUT2D eigenvalue weighted by molar-refractivity contribution is 6.29. The average molecular weight is 268 g/mol. The number of halogens is 1. The van der Waals surface area contributed by atoms with E-state index < -0.39 is 0 Å². The van der Waals surface area contributed by atoms with Gasteiger partial charge < -0.3 is 10.6 Å². The van der Waals surface area contributed by atoms with Crippen LogP contribution in [-0.4, -0.2) is 23.5 Å². The lowest BCUT2D eigenvalue weighted by atomic mass is 9.90. The standard InChI is InChI=1S/C13H18ClN3O/c1-2-9-6-7-15-10(8-9)13(18)17-12-5-3-4-11(14)16-12/h3-5,9-10,15H,2,6-8H2,1H3,(H,16,17,18). The second-order valence-corrected chi connectivity index (χ2v) is 5.03. The Labute approximate surface area is 112 Å². The minimum atomic E-state index is -0.121. The molecule has 0 aromatic carbocycles. The summed E-state index contributed by atoms with van der Waals surface area (Å²) < 4.78 is 0. The molecule has 4 nitrogen and oxygen atoms in total. The lowest BCUT2D eigenvalue weighted by molar-refractivity contribution is -0.119. The zero-order chi connectivity index (χ0) is 13.0. The molecule has 0 bridgehead atoms. The van der Waals surface area contributed by atoms with Gasteiger partial charge in [0, 0.05) is 0 Å². The molecule has 2 N–H and O–H groups in total. The van der Waals surface area contributed by atoms with Crippen molar-refractivity contribution < 1.29 is 4.79 Å². The first kappa shape index (κ1) is 13.3. The minimum Gasteiger partial charge on any atom is -0.309 e. The molecule has 18 heavy (non-hydrogen) atoms. The Hall–Kier alpha value is -1.13. The first-order valence-corrected chi connectivity index (χ1v) is 6.73. The van der Waals surface area contributed by atoms with Gasteiger partial charge in [-0.25, -0.2) is 4.98 Å². The number of hydrogen-bond donors (Lipinski definition) is 2. The zero-order valence-corrected chi connectivity index (χ0v) is 11.2. The van der Waals surface area contributed by atoms with Crippen LogP contribution in [0.2, 0.25) is 5.15 Å². The number of aromatic nitrogens is 1. The molecule has 2 heterocycles. The fraction of sp³-hybridized carbons (Fsp3) is 0.538. The Morgan fingerprint density at radius 1 is 1.61 bits per heavy atom. The Bertz CT molecular complexity index is 424. The number of amides is 1. The summed E-state index contributed by atoms with van der Waals surface area (Å²) in [5.74, 6) is 1.12. The van der Waals surface area contributed by atoms with Crippen molar-refractivity contribution in [2.45, 2.75) is 32.2 Å². The van der Waals surface area contributed by atoms with Crippen molar-refractivity contribution in [2.24, 2.45) is 5.92 Å². The van der Waals surface area contributed by atoms with Gasteiger partial charge in [-0.2, -0.15) is 0 Å². The van der Waals surface area contributed by atoms with Gasteiger partial charge in [-0.05, 0) is 37.4 Å². The highest BCUT2D eigenvalue weighted by Gasteiger charge is 2.25. The van der Waals surface area contributed by atoms with E-state index in [0.29, 0.717) is 16.9 Å². The summed E-state index contributed by atoms with van der Waals surface area (Å²) in [4.78, 5) is 16.1. The van der Waals surface area contributed by atoms with Crippen LogP contribution in [0.1, 0.15) is 26.2 Å². The van der Waals surface area contributed by atoms with Gasteiger partial charge in [-0.1, -0.05) is 31.0 Å². The highest BCUT2D eigenvalue weighted by Crippen LogP contribution is 2.20. The van der Waals surface area contributed by atoms with Gasteiger partial charge in [0.2, 0.25) is 5.91 Å². The number of nitrogens with one attached hydrogen (secondary N) is 2. The van der Waals surface area contributed by atoms with Crippen molar-refractivity contribution in [1.82, 2.24) is 10.3 Å². The maximum atomic E-state index is 12.1. The number of hydrogen-bond acceptors (Lipinski definition) is 3. The Kier molecular flexibility index (Phi) is 4.55. The van der Waals surface area contributed by atoms with Crippen molar-refractivity contribution in [2.75, 3.05) is 11.9 Å². The quantitative estimate of drug-likeness (QED) is 0.827. The van der Waals surface area contributed by atoms with Gasteiger partial charge in [-0.3, -0.25) is 4.79 Å². The van der Waals surface area contributed by atoms with Gasteiger partial charge in [0.25, 0.3) is 0 Å². The van der Waals surface area contributed by atoms with Gasteiger partial charge in [0.1, 0.15) is 11.0 Å². The minimum absolute atomic E-state index is 0.0251. The summed E-state index contributed by atoms with van der Waals surface area (Å²) in [6, 6.07) is 5.07. The molecule has 1 saturated heterocycles. The van der Waals surface area contributed by atoms with E-state index in [2.05, 4.69) is 22.5 Å². The Morgan fingerprint density at radius 3 is 3.17 bits per heavy atom. The van der Waals surface area contributed by atoms with Crippen LogP contribution < -0.4 is 10.6 Å². The second-order valence-electron chi connectivity index (χ2n) is 4.64. The van der Waals surface area contributed by atoms with E-state index in [9.17, 15) is 4.79 Å².